The Morgan fingerprint density at radius 3 is 2.64 bits per heavy atom. The van der Waals surface area contributed by atoms with E-state index in [1.165, 1.54) is 0 Å². The highest BCUT2D eigenvalue weighted by Gasteiger charge is 2.42. The van der Waals surface area contributed by atoms with E-state index in [0.717, 1.165) is 25.7 Å². The lowest BCUT2D eigenvalue weighted by molar-refractivity contribution is -0.153. The summed E-state index contributed by atoms with van der Waals surface area (Å²) in [7, 11) is 0. The fourth-order valence-corrected chi connectivity index (χ4v) is 3.84. The molecule has 1 aromatic carbocycles. The van der Waals surface area contributed by atoms with Gasteiger partial charge in [0.15, 0.2) is 6.61 Å². The minimum atomic E-state index is -0.227. The van der Waals surface area contributed by atoms with Gasteiger partial charge in [-0.1, -0.05) is 18.2 Å². The summed E-state index contributed by atoms with van der Waals surface area (Å²) < 4.78 is 17.7. The predicted octanol–water partition coefficient (Wildman–Crippen LogP) is 2.47. The highest BCUT2D eigenvalue weighted by Crippen LogP contribution is 2.36. The van der Waals surface area contributed by atoms with Crippen molar-refractivity contribution >= 4 is 5.91 Å². The summed E-state index contributed by atoms with van der Waals surface area (Å²) in [6, 6.07) is 11.6. The number of piperidine rings is 1. The summed E-state index contributed by atoms with van der Waals surface area (Å²) in [4.78, 5) is 22.6. The van der Waals surface area contributed by atoms with Crippen LogP contribution >= 0.6 is 0 Å². The fraction of sp³-hybridized carbons (Fsp3) is 0.476. The second-order valence-corrected chi connectivity index (χ2v) is 7.28. The zero-order valence-electron chi connectivity index (χ0n) is 15.8. The molecule has 1 atom stereocenters. The van der Waals surface area contributed by atoms with Gasteiger partial charge in [0.25, 0.3) is 5.91 Å². The normalized spacial score (nSPS) is 21.3. The lowest BCUT2D eigenvalue weighted by Gasteiger charge is -2.45. The first-order chi connectivity index (χ1) is 13.7. The molecule has 2 saturated heterocycles. The molecule has 0 radical (unpaired) electrons. The van der Waals surface area contributed by atoms with Crippen molar-refractivity contribution in [2.75, 3.05) is 26.3 Å². The Bertz CT molecular complexity index is 764. The van der Waals surface area contributed by atoms with Crippen LogP contribution in [0, 0.1) is 0 Å². The Morgan fingerprint density at radius 2 is 1.89 bits per heavy atom. The van der Waals surface area contributed by atoms with Gasteiger partial charge in [-0.05, 0) is 31.0 Å². The number of hydrogen-bond acceptors (Lipinski definition) is 6. The third-order valence-corrected chi connectivity index (χ3v) is 5.39. The van der Waals surface area contributed by atoms with E-state index in [0.29, 0.717) is 31.5 Å². The molecule has 1 amide bonds. The summed E-state index contributed by atoms with van der Waals surface area (Å²) >= 11 is 0. The molecule has 28 heavy (non-hydrogen) atoms. The topological polar surface area (TPSA) is 73.8 Å². The molecule has 7 nitrogen and oxygen atoms in total. The summed E-state index contributed by atoms with van der Waals surface area (Å²) in [5.41, 5.74) is -0.227. The van der Waals surface area contributed by atoms with Crippen LogP contribution in [0.2, 0.25) is 0 Å². The van der Waals surface area contributed by atoms with E-state index in [4.69, 9.17) is 14.2 Å². The van der Waals surface area contributed by atoms with Crippen LogP contribution in [0.5, 0.6) is 11.8 Å². The number of nitrogens with zero attached hydrogens (tertiary/aromatic N) is 3. The number of carbonyl (C=O) groups is 1. The van der Waals surface area contributed by atoms with E-state index in [1.807, 2.05) is 35.2 Å². The van der Waals surface area contributed by atoms with Gasteiger partial charge < -0.3 is 19.1 Å². The van der Waals surface area contributed by atoms with E-state index in [-0.39, 0.29) is 24.2 Å². The third-order valence-electron chi connectivity index (χ3n) is 5.39. The van der Waals surface area contributed by atoms with Crippen LogP contribution in [0.4, 0.5) is 0 Å². The molecule has 1 unspecified atom stereocenters. The van der Waals surface area contributed by atoms with E-state index in [1.54, 1.807) is 18.5 Å². The molecular formula is C21H25N3O4. The van der Waals surface area contributed by atoms with Gasteiger partial charge in [0.2, 0.25) is 0 Å². The van der Waals surface area contributed by atoms with Gasteiger partial charge in [0.05, 0.1) is 12.2 Å². The smallest absolute Gasteiger partial charge is 0.316 e. The minimum Gasteiger partial charge on any atom is -0.484 e. The molecular weight excluding hydrogens is 358 g/mol. The first kappa shape index (κ1) is 18.7. The maximum Gasteiger partial charge on any atom is 0.316 e. The highest BCUT2D eigenvalue weighted by molar-refractivity contribution is 5.77. The Morgan fingerprint density at radius 1 is 1.14 bits per heavy atom. The molecule has 0 aliphatic carbocycles. The van der Waals surface area contributed by atoms with Crippen LogP contribution in [-0.4, -0.2) is 58.8 Å². The van der Waals surface area contributed by atoms with Crippen molar-refractivity contribution in [1.82, 2.24) is 14.9 Å². The van der Waals surface area contributed by atoms with Gasteiger partial charge in [0, 0.05) is 38.3 Å². The molecule has 1 spiro atoms. The van der Waals surface area contributed by atoms with E-state index in [9.17, 15) is 4.79 Å². The predicted molar refractivity (Wildman–Crippen MR) is 102 cm³/mol. The van der Waals surface area contributed by atoms with Crippen molar-refractivity contribution in [3.05, 3.63) is 48.8 Å². The number of amides is 1. The molecule has 0 saturated carbocycles. The zero-order valence-corrected chi connectivity index (χ0v) is 15.8. The SMILES string of the molecule is O=C(COc1ccccc1)N1CCC2(CC1)CC(Oc1ncccn1)CCO2. The molecule has 0 bridgehead atoms. The molecule has 1 aromatic heterocycles. The number of benzene rings is 1. The first-order valence-electron chi connectivity index (χ1n) is 9.76. The zero-order chi connectivity index (χ0) is 19.2. The summed E-state index contributed by atoms with van der Waals surface area (Å²) in [5.74, 6) is 0.725. The molecule has 148 valence electrons. The van der Waals surface area contributed by atoms with Gasteiger partial charge >= 0.3 is 6.01 Å². The monoisotopic (exact) mass is 383 g/mol. The molecule has 2 aliphatic rings. The Kier molecular flexibility index (Phi) is 5.71. The second kappa shape index (κ2) is 8.56. The number of ether oxygens (including phenoxy) is 3. The Hall–Kier alpha value is -2.67. The van der Waals surface area contributed by atoms with Crippen molar-refractivity contribution in [1.29, 1.82) is 0 Å². The highest BCUT2D eigenvalue weighted by atomic mass is 16.5. The van der Waals surface area contributed by atoms with Crippen molar-refractivity contribution < 1.29 is 19.0 Å². The van der Waals surface area contributed by atoms with Crippen LogP contribution in [0.15, 0.2) is 48.8 Å². The van der Waals surface area contributed by atoms with Gasteiger partial charge in [0.1, 0.15) is 11.9 Å². The van der Waals surface area contributed by atoms with Crippen molar-refractivity contribution in [3.63, 3.8) is 0 Å². The number of para-hydroxylation sites is 1. The lowest BCUT2D eigenvalue weighted by atomic mass is 9.83. The fourth-order valence-electron chi connectivity index (χ4n) is 3.84. The molecule has 2 aromatic rings. The van der Waals surface area contributed by atoms with Crippen LogP contribution in [0.1, 0.15) is 25.7 Å². The number of hydrogen-bond donors (Lipinski definition) is 0. The molecule has 4 rings (SSSR count). The van der Waals surface area contributed by atoms with Gasteiger partial charge in [-0.15, -0.1) is 0 Å². The van der Waals surface area contributed by atoms with Crippen LogP contribution in [0.3, 0.4) is 0 Å². The van der Waals surface area contributed by atoms with Crippen molar-refractivity contribution in [2.45, 2.75) is 37.4 Å². The summed E-state index contributed by atoms with van der Waals surface area (Å²) in [6.45, 7) is 2.06. The number of aromatic nitrogens is 2. The largest absolute Gasteiger partial charge is 0.484 e. The molecule has 7 heteroatoms. The van der Waals surface area contributed by atoms with E-state index in [2.05, 4.69) is 9.97 Å². The maximum atomic E-state index is 12.5. The second-order valence-electron chi connectivity index (χ2n) is 7.28. The van der Waals surface area contributed by atoms with Crippen molar-refractivity contribution in [3.8, 4) is 11.8 Å². The number of carbonyl (C=O) groups excluding carboxylic acids is 1. The summed E-state index contributed by atoms with van der Waals surface area (Å²) in [6.07, 6.45) is 6.64. The van der Waals surface area contributed by atoms with E-state index >= 15 is 0 Å². The standard InChI is InChI=1S/C21H25N3O4/c25-19(16-26-17-5-2-1-3-6-17)24-12-8-21(9-13-24)15-18(7-14-27-21)28-20-22-10-4-11-23-20/h1-6,10-11,18H,7-9,12-16H2. The summed E-state index contributed by atoms with van der Waals surface area (Å²) in [5, 5.41) is 0. The average Bonchev–Trinajstić information content (AvgIpc) is 2.74. The number of rotatable bonds is 5. The average molecular weight is 383 g/mol. The Balaban J connectivity index is 1.27. The van der Waals surface area contributed by atoms with Gasteiger partial charge in [-0.25, -0.2) is 9.97 Å². The van der Waals surface area contributed by atoms with Gasteiger partial charge in [-0.2, -0.15) is 0 Å². The van der Waals surface area contributed by atoms with Crippen molar-refractivity contribution in [2.24, 2.45) is 0 Å². The third kappa shape index (κ3) is 4.59. The quantitative estimate of drug-likeness (QED) is 0.790. The van der Waals surface area contributed by atoms with Crippen LogP contribution in [-0.2, 0) is 9.53 Å². The molecule has 3 heterocycles. The van der Waals surface area contributed by atoms with Crippen LogP contribution < -0.4 is 9.47 Å². The van der Waals surface area contributed by atoms with E-state index < -0.39 is 0 Å². The lowest BCUT2D eigenvalue weighted by Crippen LogP contribution is -2.53. The van der Waals surface area contributed by atoms with Crippen LogP contribution in [0.25, 0.3) is 0 Å². The minimum absolute atomic E-state index is 0.0139. The molecule has 0 N–H and O–H groups in total. The number of likely N-dealkylation sites (tertiary alicyclic amines) is 1. The Labute approximate surface area is 164 Å². The maximum absolute atomic E-state index is 12.5. The molecule has 2 aliphatic heterocycles. The first-order valence-corrected chi connectivity index (χ1v) is 9.76. The molecule has 2 fully saturated rings. The van der Waals surface area contributed by atoms with Gasteiger partial charge in [-0.3, -0.25) is 4.79 Å².